The van der Waals surface area contributed by atoms with Crippen LogP contribution in [0.5, 0.6) is 11.5 Å². The molecule has 0 aromatic heterocycles. The van der Waals surface area contributed by atoms with E-state index in [1.807, 2.05) is 0 Å². The molecule has 3 atom stereocenters. The molecule has 7 heteroatoms. The van der Waals surface area contributed by atoms with Gasteiger partial charge < -0.3 is 9.47 Å². The molecule has 0 bridgehead atoms. The number of piperidine rings is 2. The Hall–Kier alpha value is -1.31. The fraction of sp³-hybridized carbons (Fsp3) is 0.667. The van der Waals surface area contributed by atoms with Crippen LogP contribution in [0.1, 0.15) is 36.4 Å². The van der Waals surface area contributed by atoms with E-state index < -0.39 is 10.0 Å². The molecule has 2 saturated heterocycles. The fourth-order valence-electron chi connectivity index (χ4n) is 5.21. The first-order valence-electron chi connectivity index (χ1n) is 9.14. The highest BCUT2D eigenvalue weighted by molar-refractivity contribution is 7.88. The minimum absolute atomic E-state index is 0.126. The van der Waals surface area contributed by atoms with Crippen LogP contribution in [0, 0.1) is 5.92 Å². The molecule has 136 valence electrons. The van der Waals surface area contributed by atoms with Crippen molar-refractivity contribution in [3.05, 3.63) is 23.3 Å². The van der Waals surface area contributed by atoms with Crippen molar-refractivity contribution in [3.8, 4) is 11.5 Å². The number of hydrogen-bond acceptors (Lipinski definition) is 5. The van der Waals surface area contributed by atoms with Gasteiger partial charge in [-0.25, -0.2) is 8.42 Å². The summed E-state index contributed by atoms with van der Waals surface area (Å²) >= 11 is 0. The Labute approximate surface area is 148 Å². The van der Waals surface area contributed by atoms with Crippen LogP contribution in [-0.2, 0) is 16.4 Å². The van der Waals surface area contributed by atoms with Gasteiger partial charge in [0.05, 0.1) is 6.26 Å². The van der Waals surface area contributed by atoms with Gasteiger partial charge in [0.15, 0.2) is 11.5 Å². The van der Waals surface area contributed by atoms with Crippen molar-refractivity contribution in [1.29, 1.82) is 0 Å². The van der Waals surface area contributed by atoms with Crippen LogP contribution in [0.15, 0.2) is 12.1 Å². The van der Waals surface area contributed by atoms with Gasteiger partial charge in [-0.1, -0.05) is 0 Å². The topological polar surface area (TPSA) is 59.1 Å². The number of hydrogen-bond donors (Lipinski definition) is 0. The van der Waals surface area contributed by atoms with Crippen molar-refractivity contribution in [2.24, 2.45) is 5.92 Å². The van der Waals surface area contributed by atoms with Crippen molar-refractivity contribution >= 4 is 10.0 Å². The van der Waals surface area contributed by atoms with E-state index in [-0.39, 0.29) is 12.1 Å². The van der Waals surface area contributed by atoms with E-state index in [4.69, 9.17) is 9.47 Å². The molecule has 1 aromatic rings. The second-order valence-electron chi connectivity index (χ2n) is 7.74. The molecule has 0 unspecified atom stereocenters. The summed E-state index contributed by atoms with van der Waals surface area (Å²) in [6.45, 7) is 2.99. The summed E-state index contributed by atoms with van der Waals surface area (Å²) in [5.74, 6) is 2.12. The molecule has 4 aliphatic heterocycles. The Bertz CT molecular complexity index is 810. The van der Waals surface area contributed by atoms with Gasteiger partial charge in [-0.05, 0) is 54.9 Å². The Balaban J connectivity index is 1.51. The summed E-state index contributed by atoms with van der Waals surface area (Å²) in [5.41, 5.74) is 2.62. The standard InChI is InChI=1S/C18H24N2O4S/c1-25(21,22)20-5-2-3-13-10-19-6-4-12-7-17-18(24-11-23-17)8-14(12)16(19)9-15(13)20/h7-8,13,15-16H,2-6,9-11H2,1H3/t13-,15-,16-/m0/s1. The third-order valence-corrected chi connectivity index (χ3v) is 7.64. The third-order valence-electron chi connectivity index (χ3n) is 6.33. The van der Waals surface area contributed by atoms with Crippen molar-refractivity contribution in [2.45, 2.75) is 37.8 Å². The highest BCUT2D eigenvalue weighted by Crippen LogP contribution is 2.46. The maximum Gasteiger partial charge on any atom is 0.231 e. The summed E-state index contributed by atoms with van der Waals surface area (Å²) < 4.78 is 37.4. The van der Waals surface area contributed by atoms with Crippen LogP contribution in [0.3, 0.4) is 0 Å². The van der Waals surface area contributed by atoms with Gasteiger partial charge in [0, 0.05) is 31.7 Å². The van der Waals surface area contributed by atoms with Crippen LogP contribution in [0.4, 0.5) is 0 Å². The normalized spacial score (nSPS) is 32.0. The van der Waals surface area contributed by atoms with Gasteiger partial charge in [0.2, 0.25) is 16.8 Å². The van der Waals surface area contributed by atoms with Crippen LogP contribution in [-0.4, -0.2) is 56.3 Å². The zero-order valence-corrected chi connectivity index (χ0v) is 15.3. The smallest absolute Gasteiger partial charge is 0.231 e. The number of sulfonamides is 1. The Morgan fingerprint density at radius 1 is 1.16 bits per heavy atom. The summed E-state index contributed by atoms with van der Waals surface area (Å²) in [7, 11) is -3.15. The first-order chi connectivity index (χ1) is 12.0. The Morgan fingerprint density at radius 3 is 2.76 bits per heavy atom. The van der Waals surface area contributed by atoms with E-state index in [1.165, 1.54) is 17.4 Å². The molecule has 0 aliphatic carbocycles. The highest BCUT2D eigenvalue weighted by atomic mass is 32.2. The predicted octanol–water partition coefficient (Wildman–Crippen LogP) is 1.76. The molecule has 0 amide bonds. The molecule has 4 aliphatic rings. The summed E-state index contributed by atoms with van der Waals surface area (Å²) in [6.07, 6.45) is 5.37. The van der Waals surface area contributed by atoms with Crippen LogP contribution in [0.25, 0.3) is 0 Å². The minimum Gasteiger partial charge on any atom is -0.454 e. The average Bonchev–Trinajstić information content (AvgIpc) is 3.04. The molecule has 5 rings (SSSR count). The molecule has 25 heavy (non-hydrogen) atoms. The average molecular weight is 364 g/mol. The van der Waals surface area contributed by atoms with E-state index in [2.05, 4.69) is 17.0 Å². The second-order valence-corrected chi connectivity index (χ2v) is 9.68. The molecule has 0 N–H and O–H groups in total. The molecule has 1 aromatic carbocycles. The third kappa shape index (κ3) is 2.55. The van der Waals surface area contributed by atoms with Crippen molar-refractivity contribution in [2.75, 3.05) is 32.7 Å². The largest absolute Gasteiger partial charge is 0.454 e. The summed E-state index contributed by atoms with van der Waals surface area (Å²) in [4.78, 5) is 2.55. The molecule has 0 spiro atoms. The molecule has 4 heterocycles. The second kappa shape index (κ2) is 5.59. The predicted molar refractivity (Wildman–Crippen MR) is 93.3 cm³/mol. The lowest BCUT2D eigenvalue weighted by Crippen LogP contribution is -2.57. The lowest BCUT2D eigenvalue weighted by Gasteiger charge is -2.51. The molecule has 0 saturated carbocycles. The quantitative estimate of drug-likeness (QED) is 0.760. The first kappa shape index (κ1) is 15.9. The maximum absolute atomic E-state index is 12.3. The van der Waals surface area contributed by atoms with E-state index in [0.717, 1.165) is 50.3 Å². The molecular weight excluding hydrogens is 340 g/mol. The van der Waals surface area contributed by atoms with Crippen molar-refractivity contribution < 1.29 is 17.9 Å². The van der Waals surface area contributed by atoms with E-state index in [1.54, 1.807) is 4.31 Å². The highest BCUT2D eigenvalue weighted by Gasteiger charge is 2.45. The van der Waals surface area contributed by atoms with E-state index >= 15 is 0 Å². The summed E-state index contributed by atoms with van der Waals surface area (Å²) in [6, 6.07) is 4.65. The van der Waals surface area contributed by atoms with Crippen LogP contribution in [0.2, 0.25) is 0 Å². The zero-order chi connectivity index (χ0) is 17.2. The number of benzene rings is 1. The maximum atomic E-state index is 12.3. The lowest BCUT2D eigenvalue weighted by molar-refractivity contribution is 0.0222. The number of fused-ring (bicyclic) bond motifs is 5. The molecule has 6 nitrogen and oxygen atoms in total. The van der Waals surface area contributed by atoms with Gasteiger partial charge in [-0.2, -0.15) is 4.31 Å². The van der Waals surface area contributed by atoms with Gasteiger partial charge in [0.25, 0.3) is 0 Å². The van der Waals surface area contributed by atoms with Gasteiger partial charge >= 0.3 is 0 Å². The Kier molecular flexibility index (Phi) is 3.56. The lowest BCUT2D eigenvalue weighted by atomic mass is 9.77. The number of nitrogens with zero attached hydrogens (tertiary/aromatic N) is 2. The SMILES string of the molecule is CS(=O)(=O)N1CCC[C@H]2CN3CCc4cc5c(cc4[C@@H]3C[C@@H]21)OCO5. The van der Waals surface area contributed by atoms with Crippen molar-refractivity contribution in [1.82, 2.24) is 9.21 Å². The Morgan fingerprint density at radius 2 is 1.96 bits per heavy atom. The molecular formula is C18H24N2O4S. The molecule has 2 fully saturated rings. The minimum atomic E-state index is -3.15. The van der Waals surface area contributed by atoms with Gasteiger partial charge in [0.1, 0.15) is 0 Å². The summed E-state index contributed by atoms with van der Waals surface area (Å²) in [5, 5.41) is 0. The van der Waals surface area contributed by atoms with Crippen LogP contribution < -0.4 is 9.47 Å². The van der Waals surface area contributed by atoms with Crippen molar-refractivity contribution in [3.63, 3.8) is 0 Å². The van der Waals surface area contributed by atoms with Crippen LogP contribution >= 0.6 is 0 Å². The monoisotopic (exact) mass is 364 g/mol. The number of rotatable bonds is 1. The molecule has 0 radical (unpaired) electrons. The van der Waals surface area contributed by atoms with Gasteiger partial charge in [-0.15, -0.1) is 0 Å². The number of ether oxygens (including phenoxy) is 2. The van der Waals surface area contributed by atoms with E-state index in [9.17, 15) is 8.42 Å². The zero-order valence-electron chi connectivity index (χ0n) is 14.5. The van der Waals surface area contributed by atoms with Gasteiger partial charge in [-0.3, -0.25) is 4.90 Å². The first-order valence-corrected chi connectivity index (χ1v) is 11.0. The van der Waals surface area contributed by atoms with E-state index in [0.29, 0.717) is 19.3 Å². The fourth-order valence-corrected chi connectivity index (χ4v) is 6.42.